The molecular weight excluding hydrogens is 367 g/mol. The van der Waals surface area contributed by atoms with Crippen LogP contribution in [-0.4, -0.2) is 63.4 Å². The Labute approximate surface area is 140 Å². The fourth-order valence-corrected chi connectivity index (χ4v) is 6.06. The predicted octanol–water partition coefficient (Wildman–Crippen LogP) is 0.00480. The van der Waals surface area contributed by atoms with Crippen LogP contribution in [0.1, 0.15) is 13.3 Å². The van der Waals surface area contributed by atoms with Gasteiger partial charge in [0.25, 0.3) is 0 Å². The van der Waals surface area contributed by atoms with Gasteiger partial charge >= 0.3 is 140 Å². The van der Waals surface area contributed by atoms with E-state index in [0.717, 1.165) is 4.46 Å². The normalized spacial score (nSPS) is 32.3. The Hall–Kier alpha value is -1.24. The fourth-order valence-electron chi connectivity index (χ4n) is 3.02. The number of Topliss-reactive ketones (excluding diaryl/α,β-unsaturated/α-hetero) is 1. The van der Waals surface area contributed by atoms with Crippen LogP contribution >= 0.6 is 0 Å². The zero-order valence-electron chi connectivity index (χ0n) is 12.9. The standard InChI is InChI=1S/C16H18O6Se/c1-10(17)22-16(23-11-6-4-3-5-7-11)14-12(18)8-13(21-14)15(16)20-9-19-2/h3-7,13-15H,8-9H2,1-2H3/t13-,14+,15+,16-/m1/s1. The monoisotopic (exact) mass is 386 g/mol. The summed E-state index contributed by atoms with van der Waals surface area (Å²) in [7, 11) is 1.52. The quantitative estimate of drug-likeness (QED) is 0.390. The van der Waals surface area contributed by atoms with E-state index in [-0.39, 0.29) is 34.0 Å². The molecule has 6 nitrogen and oxygen atoms in total. The zero-order valence-corrected chi connectivity index (χ0v) is 14.6. The van der Waals surface area contributed by atoms with Gasteiger partial charge < -0.3 is 0 Å². The van der Waals surface area contributed by atoms with Gasteiger partial charge in [0.1, 0.15) is 0 Å². The summed E-state index contributed by atoms with van der Waals surface area (Å²) in [4.78, 5) is 24.0. The molecule has 1 aromatic carbocycles. The van der Waals surface area contributed by atoms with Gasteiger partial charge in [-0.25, -0.2) is 0 Å². The molecule has 1 aromatic rings. The fraction of sp³-hybridized carbons (Fsp3) is 0.500. The number of hydrogen-bond acceptors (Lipinski definition) is 6. The molecule has 0 unspecified atom stereocenters. The summed E-state index contributed by atoms with van der Waals surface area (Å²) in [5.41, 5.74) is 0. The molecule has 2 saturated heterocycles. The summed E-state index contributed by atoms with van der Waals surface area (Å²) in [6.45, 7) is 1.39. The molecule has 2 fully saturated rings. The van der Waals surface area contributed by atoms with Crippen LogP contribution in [0.15, 0.2) is 30.3 Å². The average Bonchev–Trinajstić information content (AvgIpc) is 3.01. The van der Waals surface area contributed by atoms with E-state index in [2.05, 4.69) is 0 Å². The first-order valence-electron chi connectivity index (χ1n) is 7.29. The summed E-state index contributed by atoms with van der Waals surface area (Å²) in [5, 5.41) is 0. The second-order valence-corrected chi connectivity index (χ2v) is 8.21. The van der Waals surface area contributed by atoms with Gasteiger partial charge in [0, 0.05) is 0 Å². The van der Waals surface area contributed by atoms with E-state index >= 15 is 0 Å². The molecule has 4 atom stereocenters. The molecule has 0 aliphatic carbocycles. The van der Waals surface area contributed by atoms with E-state index in [4.69, 9.17) is 18.9 Å². The third kappa shape index (κ3) is 3.07. The molecule has 0 saturated carbocycles. The van der Waals surface area contributed by atoms with Crippen molar-refractivity contribution in [2.45, 2.75) is 36.2 Å². The van der Waals surface area contributed by atoms with E-state index in [9.17, 15) is 9.59 Å². The first kappa shape index (κ1) is 16.6. The summed E-state index contributed by atoms with van der Waals surface area (Å²) in [6, 6.07) is 9.66. The third-order valence-electron chi connectivity index (χ3n) is 3.79. The molecule has 124 valence electrons. The molecule has 0 spiro atoms. The van der Waals surface area contributed by atoms with Crippen molar-refractivity contribution in [3.05, 3.63) is 30.3 Å². The molecule has 2 aliphatic rings. The van der Waals surface area contributed by atoms with E-state index in [1.54, 1.807) is 0 Å². The van der Waals surface area contributed by atoms with E-state index in [1.807, 2.05) is 30.3 Å². The second-order valence-electron chi connectivity index (χ2n) is 5.45. The second kappa shape index (κ2) is 6.71. The van der Waals surface area contributed by atoms with E-state index in [0.29, 0.717) is 0 Å². The van der Waals surface area contributed by atoms with Gasteiger partial charge in [-0.05, 0) is 0 Å². The Balaban J connectivity index is 1.96. The van der Waals surface area contributed by atoms with Gasteiger partial charge in [0.2, 0.25) is 0 Å². The van der Waals surface area contributed by atoms with Crippen molar-refractivity contribution in [1.29, 1.82) is 0 Å². The Morgan fingerprint density at radius 2 is 2.13 bits per heavy atom. The molecule has 7 heteroatoms. The van der Waals surface area contributed by atoms with Crippen molar-refractivity contribution >= 4 is 31.2 Å². The maximum atomic E-state index is 12.2. The van der Waals surface area contributed by atoms with Gasteiger partial charge in [-0.1, -0.05) is 0 Å². The van der Waals surface area contributed by atoms with E-state index < -0.39 is 28.8 Å². The minimum atomic E-state index is -1.08. The SMILES string of the molecule is COCO[C@H]1[C@H]2CC(=O)[C@H](O2)[C@@]1(OC(C)=O)[Se]c1ccccc1. The summed E-state index contributed by atoms with van der Waals surface area (Å²) in [5.74, 6) is -0.482. The van der Waals surface area contributed by atoms with Crippen LogP contribution in [0.3, 0.4) is 0 Å². The van der Waals surface area contributed by atoms with Crippen LogP contribution < -0.4 is 4.46 Å². The van der Waals surface area contributed by atoms with Crippen LogP contribution in [0.4, 0.5) is 0 Å². The predicted molar refractivity (Wildman–Crippen MR) is 81.4 cm³/mol. The number of carbonyl (C=O) groups excluding carboxylic acids is 2. The molecule has 3 rings (SSSR count). The number of ketones is 1. The molecule has 2 aliphatic heterocycles. The van der Waals surface area contributed by atoms with Crippen LogP contribution in [0.25, 0.3) is 0 Å². The van der Waals surface area contributed by atoms with Crippen molar-refractivity contribution in [2.24, 2.45) is 0 Å². The van der Waals surface area contributed by atoms with Crippen LogP contribution in [0, 0.1) is 0 Å². The maximum absolute atomic E-state index is 12.2. The van der Waals surface area contributed by atoms with Gasteiger partial charge in [0.05, 0.1) is 0 Å². The molecule has 0 N–H and O–H groups in total. The molecule has 2 heterocycles. The Morgan fingerprint density at radius 1 is 1.39 bits per heavy atom. The zero-order chi connectivity index (χ0) is 16.4. The van der Waals surface area contributed by atoms with Gasteiger partial charge in [-0.15, -0.1) is 0 Å². The molecular formula is C16H18O6Se. The van der Waals surface area contributed by atoms with Crippen LogP contribution in [-0.2, 0) is 28.5 Å². The van der Waals surface area contributed by atoms with Gasteiger partial charge in [0.15, 0.2) is 0 Å². The summed E-state index contributed by atoms with van der Waals surface area (Å²) < 4.78 is 22.1. The van der Waals surface area contributed by atoms with Crippen LogP contribution in [0.2, 0.25) is 0 Å². The van der Waals surface area contributed by atoms with Gasteiger partial charge in [-0.3, -0.25) is 0 Å². The average molecular weight is 385 g/mol. The van der Waals surface area contributed by atoms with Crippen molar-refractivity contribution in [3.8, 4) is 0 Å². The van der Waals surface area contributed by atoms with Crippen molar-refractivity contribution in [3.63, 3.8) is 0 Å². The Morgan fingerprint density at radius 3 is 2.78 bits per heavy atom. The topological polar surface area (TPSA) is 71.1 Å². The number of hydrogen-bond donors (Lipinski definition) is 0. The number of fused-ring (bicyclic) bond motifs is 2. The number of esters is 1. The van der Waals surface area contributed by atoms with Crippen molar-refractivity contribution < 1.29 is 28.5 Å². The van der Waals surface area contributed by atoms with Crippen LogP contribution in [0.5, 0.6) is 0 Å². The van der Waals surface area contributed by atoms with Crippen molar-refractivity contribution in [1.82, 2.24) is 0 Å². The first-order valence-corrected chi connectivity index (χ1v) is 9.00. The Kier molecular flexibility index (Phi) is 4.85. The Bertz CT molecular complexity index is 591. The summed E-state index contributed by atoms with van der Waals surface area (Å²) >= 11 is -0.339. The number of carbonyl (C=O) groups is 2. The van der Waals surface area contributed by atoms with E-state index in [1.165, 1.54) is 14.0 Å². The minimum absolute atomic E-state index is 0.0358. The third-order valence-corrected chi connectivity index (χ3v) is 6.64. The summed E-state index contributed by atoms with van der Waals surface area (Å²) in [6.07, 6.45) is -1.38. The van der Waals surface area contributed by atoms with Gasteiger partial charge in [-0.2, -0.15) is 0 Å². The number of methoxy groups -OCH3 is 1. The molecule has 0 radical (unpaired) electrons. The molecule has 0 amide bonds. The molecule has 23 heavy (non-hydrogen) atoms. The first-order chi connectivity index (χ1) is 11.1. The molecule has 2 bridgehead atoms. The number of benzene rings is 1. The van der Waals surface area contributed by atoms with Crippen molar-refractivity contribution in [2.75, 3.05) is 13.9 Å². The molecule has 0 aromatic heterocycles. The number of ether oxygens (including phenoxy) is 4. The number of rotatable bonds is 6.